The van der Waals surface area contributed by atoms with Crippen LogP contribution in [0.5, 0.6) is 5.75 Å². The van der Waals surface area contributed by atoms with Crippen molar-refractivity contribution in [1.29, 1.82) is 0 Å². The van der Waals surface area contributed by atoms with E-state index in [9.17, 15) is 18.0 Å². The molecule has 2 aromatic rings. The minimum atomic E-state index is -4.65. The normalized spacial score (nSPS) is 11.9. The molecule has 0 unspecified atom stereocenters. The maximum absolute atomic E-state index is 13.1. The van der Waals surface area contributed by atoms with Gasteiger partial charge in [-0.05, 0) is 42.2 Å². The number of alkyl halides is 3. The number of aryl methyl sites for hydroxylation is 1. The van der Waals surface area contributed by atoms with E-state index in [2.05, 4.69) is 10.6 Å². The summed E-state index contributed by atoms with van der Waals surface area (Å²) in [6, 6.07) is 7.99. The Hall–Kier alpha value is -2.41. The van der Waals surface area contributed by atoms with Crippen molar-refractivity contribution >= 4 is 23.3 Å². The summed E-state index contributed by atoms with van der Waals surface area (Å²) in [6.45, 7) is 7.87. The average Bonchev–Trinajstić information content (AvgIpc) is 2.56. The fraction of sp³-hybridized carbons (Fsp3) is 0.350. The molecule has 0 saturated heterocycles. The average molecular weight is 415 g/mol. The lowest BCUT2D eigenvalue weighted by Crippen LogP contribution is -2.33. The zero-order valence-corrected chi connectivity index (χ0v) is 16.8. The summed E-state index contributed by atoms with van der Waals surface area (Å²) >= 11 is 5.63. The lowest BCUT2D eigenvalue weighted by molar-refractivity contribution is -0.136. The highest BCUT2D eigenvalue weighted by Crippen LogP contribution is 2.36. The van der Waals surface area contributed by atoms with Crippen LogP contribution in [0.25, 0.3) is 0 Å². The van der Waals surface area contributed by atoms with Crippen LogP contribution >= 0.6 is 11.6 Å². The predicted octanol–water partition coefficient (Wildman–Crippen LogP) is 6.12. The molecule has 0 saturated carbocycles. The van der Waals surface area contributed by atoms with Crippen molar-refractivity contribution in [3.8, 4) is 5.75 Å². The first-order valence-electron chi connectivity index (χ1n) is 8.53. The van der Waals surface area contributed by atoms with Crippen LogP contribution in [-0.4, -0.2) is 12.8 Å². The number of anilines is 1. The standard InChI is InChI=1S/C20H22ClF3N2O2/c1-12-5-8-17(15(9-12)19(2,3)4)28-11-25-18(27)26-16-7-6-13(21)10-14(16)20(22,23)24/h5-10H,11H2,1-4H3,(H2,25,26,27). The first kappa shape index (κ1) is 21.9. The van der Waals surface area contributed by atoms with E-state index < -0.39 is 17.8 Å². The van der Waals surface area contributed by atoms with Crippen molar-refractivity contribution in [2.24, 2.45) is 0 Å². The van der Waals surface area contributed by atoms with E-state index in [1.165, 1.54) is 6.07 Å². The Bertz CT molecular complexity index is 862. The first-order valence-corrected chi connectivity index (χ1v) is 8.91. The molecule has 2 aromatic carbocycles. The van der Waals surface area contributed by atoms with E-state index in [-0.39, 0.29) is 22.9 Å². The highest BCUT2D eigenvalue weighted by atomic mass is 35.5. The number of urea groups is 1. The van der Waals surface area contributed by atoms with Crippen molar-refractivity contribution in [1.82, 2.24) is 5.32 Å². The predicted molar refractivity (Wildman–Crippen MR) is 104 cm³/mol. The van der Waals surface area contributed by atoms with Crippen LogP contribution < -0.4 is 15.4 Å². The third-order valence-corrected chi connectivity index (χ3v) is 4.17. The lowest BCUT2D eigenvalue weighted by atomic mass is 9.85. The summed E-state index contributed by atoms with van der Waals surface area (Å²) < 4.78 is 44.9. The highest BCUT2D eigenvalue weighted by Gasteiger charge is 2.34. The van der Waals surface area contributed by atoms with Crippen molar-refractivity contribution in [2.75, 3.05) is 12.0 Å². The summed E-state index contributed by atoms with van der Waals surface area (Å²) in [5.74, 6) is 0.598. The number of benzene rings is 2. The fourth-order valence-corrected chi connectivity index (χ4v) is 2.73. The molecule has 2 rings (SSSR count). The number of amides is 2. The van der Waals surface area contributed by atoms with Gasteiger partial charge in [0.25, 0.3) is 0 Å². The second-order valence-electron chi connectivity index (χ2n) is 7.36. The van der Waals surface area contributed by atoms with Gasteiger partial charge in [-0.1, -0.05) is 50.1 Å². The summed E-state index contributed by atoms with van der Waals surface area (Å²) in [5, 5.41) is 4.50. The van der Waals surface area contributed by atoms with E-state index in [0.717, 1.165) is 23.3 Å². The Morgan fingerprint density at radius 1 is 1.07 bits per heavy atom. The van der Waals surface area contributed by atoms with Gasteiger partial charge in [0.05, 0.1) is 11.3 Å². The maximum Gasteiger partial charge on any atom is 0.418 e. The van der Waals surface area contributed by atoms with Gasteiger partial charge < -0.3 is 15.4 Å². The number of rotatable bonds is 4. The molecule has 2 N–H and O–H groups in total. The molecular weight excluding hydrogens is 393 g/mol. The number of carbonyl (C=O) groups is 1. The molecule has 0 aliphatic heterocycles. The van der Waals surface area contributed by atoms with Gasteiger partial charge in [-0.15, -0.1) is 0 Å². The molecule has 4 nitrogen and oxygen atoms in total. The third-order valence-electron chi connectivity index (χ3n) is 3.94. The minimum absolute atomic E-state index is 0.0734. The van der Waals surface area contributed by atoms with Gasteiger partial charge in [0.2, 0.25) is 0 Å². The van der Waals surface area contributed by atoms with Gasteiger partial charge >= 0.3 is 12.2 Å². The van der Waals surface area contributed by atoms with Gasteiger partial charge in [-0.2, -0.15) is 13.2 Å². The van der Waals surface area contributed by atoms with Crippen LogP contribution in [0, 0.1) is 6.92 Å². The Morgan fingerprint density at radius 2 is 1.75 bits per heavy atom. The van der Waals surface area contributed by atoms with E-state index in [1.54, 1.807) is 6.07 Å². The van der Waals surface area contributed by atoms with E-state index >= 15 is 0 Å². The molecule has 28 heavy (non-hydrogen) atoms. The number of hydrogen-bond donors (Lipinski definition) is 2. The summed E-state index contributed by atoms with van der Waals surface area (Å²) in [4.78, 5) is 12.0. The highest BCUT2D eigenvalue weighted by molar-refractivity contribution is 6.30. The fourth-order valence-electron chi connectivity index (χ4n) is 2.56. The number of hydrogen-bond acceptors (Lipinski definition) is 2. The molecule has 0 radical (unpaired) electrons. The van der Waals surface area contributed by atoms with Crippen molar-refractivity contribution in [2.45, 2.75) is 39.3 Å². The Balaban J connectivity index is 2.04. The first-order chi connectivity index (χ1) is 12.9. The number of ether oxygens (including phenoxy) is 1. The van der Waals surface area contributed by atoms with Crippen LogP contribution in [-0.2, 0) is 11.6 Å². The van der Waals surface area contributed by atoms with Crippen molar-refractivity contribution < 1.29 is 22.7 Å². The molecular formula is C20H22ClF3N2O2. The molecule has 0 atom stereocenters. The molecule has 152 valence electrons. The van der Waals surface area contributed by atoms with Crippen molar-refractivity contribution in [3.63, 3.8) is 0 Å². The van der Waals surface area contributed by atoms with E-state index in [1.807, 2.05) is 39.8 Å². The molecule has 0 heterocycles. The largest absolute Gasteiger partial charge is 0.473 e. The van der Waals surface area contributed by atoms with Crippen LogP contribution in [0.4, 0.5) is 23.7 Å². The molecule has 0 aliphatic carbocycles. The smallest absolute Gasteiger partial charge is 0.418 e. The van der Waals surface area contributed by atoms with Gasteiger partial charge in [0.1, 0.15) is 5.75 Å². The second kappa shape index (κ2) is 8.31. The quantitative estimate of drug-likeness (QED) is 0.592. The molecule has 0 bridgehead atoms. The number of nitrogens with one attached hydrogen (secondary N) is 2. The maximum atomic E-state index is 13.1. The molecule has 0 aromatic heterocycles. The lowest BCUT2D eigenvalue weighted by Gasteiger charge is -2.23. The molecule has 8 heteroatoms. The Labute approximate surface area is 167 Å². The van der Waals surface area contributed by atoms with Crippen molar-refractivity contribution in [3.05, 3.63) is 58.1 Å². The SMILES string of the molecule is Cc1ccc(OCNC(=O)Nc2ccc(Cl)cc2C(F)(F)F)c(C(C)(C)C)c1. The number of carbonyl (C=O) groups excluding carboxylic acids is 1. The summed E-state index contributed by atoms with van der Waals surface area (Å²) in [6.07, 6.45) is -4.65. The minimum Gasteiger partial charge on any atom is -0.473 e. The Morgan fingerprint density at radius 3 is 2.36 bits per heavy atom. The number of halogens is 4. The van der Waals surface area contributed by atoms with Gasteiger partial charge in [-0.3, -0.25) is 0 Å². The van der Waals surface area contributed by atoms with E-state index in [0.29, 0.717) is 5.75 Å². The molecule has 0 fully saturated rings. The topological polar surface area (TPSA) is 50.4 Å². The van der Waals surface area contributed by atoms with Gasteiger partial charge in [-0.25, -0.2) is 4.79 Å². The molecule has 2 amide bonds. The second-order valence-corrected chi connectivity index (χ2v) is 7.79. The molecule has 0 spiro atoms. The molecule has 0 aliphatic rings. The van der Waals surface area contributed by atoms with Crippen LogP contribution in [0.2, 0.25) is 5.02 Å². The summed E-state index contributed by atoms with van der Waals surface area (Å²) in [5.41, 5.74) is 0.455. The third kappa shape index (κ3) is 5.79. The van der Waals surface area contributed by atoms with Crippen LogP contribution in [0.3, 0.4) is 0 Å². The summed E-state index contributed by atoms with van der Waals surface area (Å²) in [7, 11) is 0. The Kier molecular flexibility index (Phi) is 6.49. The zero-order valence-electron chi connectivity index (χ0n) is 16.0. The monoisotopic (exact) mass is 414 g/mol. The van der Waals surface area contributed by atoms with E-state index in [4.69, 9.17) is 16.3 Å². The van der Waals surface area contributed by atoms with Crippen LogP contribution in [0.1, 0.15) is 37.5 Å². The zero-order chi connectivity index (χ0) is 21.1. The van der Waals surface area contributed by atoms with Gasteiger partial charge in [0, 0.05) is 5.02 Å². The van der Waals surface area contributed by atoms with Gasteiger partial charge in [0.15, 0.2) is 6.73 Å². The van der Waals surface area contributed by atoms with Crippen LogP contribution in [0.15, 0.2) is 36.4 Å².